The summed E-state index contributed by atoms with van der Waals surface area (Å²) in [7, 11) is 0. The molecule has 6 nitrogen and oxygen atoms in total. The quantitative estimate of drug-likeness (QED) is 0.599. The van der Waals surface area contributed by atoms with Gasteiger partial charge in [-0.15, -0.1) is 0 Å². The van der Waals surface area contributed by atoms with Crippen LogP contribution in [0.3, 0.4) is 0 Å². The third kappa shape index (κ3) is 1.63. The number of aliphatic hydroxyl groups is 1. The molecule has 0 amide bonds. The SMILES string of the molecule is CC1(C)OC(=O)C=C[C@]12CC[C@@]13C[C@@]4(C)C=C5C(=O)OC[C@]51[C@@](C)(C[C@H]3[C@@]2(C)O)C4=O. The lowest BCUT2D eigenvalue weighted by Crippen LogP contribution is -2.71. The zero-order chi connectivity index (χ0) is 22.5. The Labute approximate surface area is 182 Å². The van der Waals surface area contributed by atoms with Gasteiger partial charge in [0.2, 0.25) is 0 Å². The summed E-state index contributed by atoms with van der Waals surface area (Å²) in [6.45, 7) is 9.75. The second kappa shape index (κ2) is 4.85. The maximum Gasteiger partial charge on any atom is 0.334 e. The van der Waals surface area contributed by atoms with E-state index in [1.807, 2.05) is 46.8 Å². The smallest absolute Gasteiger partial charge is 0.334 e. The summed E-state index contributed by atoms with van der Waals surface area (Å²) >= 11 is 0. The molecule has 3 spiro atoms. The minimum atomic E-state index is -1.24. The topological polar surface area (TPSA) is 89.9 Å². The van der Waals surface area contributed by atoms with Crippen molar-refractivity contribution < 1.29 is 29.0 Å². The van der Waals surface area contributed by atoms with E-state index in [1.54, 1.807) is 0 Å². The van der Waals surface area contributed by atoms with E-state index >= 15 is 0 Å². The third-order valence-corrected chi connectivity index (χ3v) is 10.8. The number of Topliss-reactive ketones (excluding diaryl/α,β-unsaturated/α-hetero) is 1. The summed E-state index contributed by atoms with van der Waals surface area (Å²) in [4.78, 5) is 38.7. The molecule has 1 saturated heterocycles. The second-order valence-corrected chi connectivity index (χ2v) is 12.1. The van der Waals surface area contributed by atoms with Crippen LogP contribution in [0.5, 0.6) is 0 Å². The number of ketones is 1. The summed E-state index contributed by atoms with van der Waals surface area (Å²) in [5, 5.41) is 12.4. The van der Waals surface area contributed by atoms with Crippen molar-refractivity contribution in [2.24, 2.45) is 33.0 Å². The molecule has 5 aliphatic carbocycles. The molecule has 1 N–H and O–H groups in total. The Morgan fingerprint density at radius 2 is 1.77 bits per heavy atom. The average molecular weight is 427 g/mol. The molecule has 6 heteroatoms. The highest BCUT2D eigenvalue weighted by molar-refractivity contribution is 6.05. The fraction of sp³-hybridized carbons (Fsp3) is 0.720. The normalized spacial score (nSPS) is 55.6. The molecule has 0 aromatic rings. The first kappa shape index (κ1) is 19.7. The van der Waals surface area contributed by atoms with Crippen molar-refractivity contribution in [2.75, 3.05) is 6.61 Å². The van der Waals surface area contributed by atoms with E-state index in [0.717, 1.165) is 6.42 Å². The van der Waals surface area contributed by atoms with Crippen LogP contribution in [-0.4, -0.2) is 40.6 Å². The van der Waals surface area contributed by atoms with Gasteiger partial charge in [0.25, 0.3) is 0 Å². The molecule has 2 aliphatic heterocycles. The van der Waals surface area contributed by atoms with Crippen LogP contribution in [0.15, 0.2) is 23.8 Å². The molecule has 0 unspecified atom stereocenters. The summed E-state index contributed by atoms with van der Waals surface area (Å²) in [5.41, 5.74) is -4.86. The highest BCUT2D eigenvalue weighted by atomic mass is 16.6. The number of carbonyl (C=O) groups excluding carboxylic acids is 3. The van der Waals surface area contributed by atoms with Crippen LogP contribution in [-0.2, 0) is 23.9 Å². The maximum atomic E-state index is 13.8. The average Bonchev–Trinajstić information content (AvgIpc) is 3.09. The number of allylic oxidation sites excluding steroid dienone is 1. The van der Waals surface area contributed by atoms with Gasteiger partial charge in [0, 0.05) is 22.5 Å². The van der Waals surface area contributed by atoms with Gasteiger partial charge >= 0.3 is 11.9 Å². The van der Waals surface area contributed by atoms with Gasteiger partial charge < -0.3 is 14.6 Å². The van der Waals surface area contributed by atoms with Crippen LogP contribution in [0.1, 0.15) is 60.3 Å². The van der Waals surface area contributed by atoms with E-state index in [9.17, 15) is 19.5 Å². The minimum absolute atomic E-state index is 0.164. The third-order valence-electron chi connectivity index (χ3n) is 10.8. The van der Waals surface area contributed by atoms with E-state index in [-0.39, 0.29) is 24.3 Å². The predicted molar refractivity (Wildman–Crippen MR) is 109 cm³/mol. The van der Waals surface area contributed by atoms with E-state index in [2.05, 4.69) is 0 Å². The first-order valence-corrected chi connectivity index (χ1v) is 11.3. The summed E-state index contributed by atoms with van der Waals surface area (Å²) in [6, 6.07) is 0. The lowest BCUT2D eigenvalue weighted by molar-refractivity contribution is -0.250. The van der Waals surface area contributed by atoms with Crippen LogP contribution < -0.4 is 0 Å². The van der Waals surface area contributed by atoms with Gasteiger partial charge in [-0.3, -0.25) is 4.79 Å². The number of cyclic esters (lactones) is 2. The number of ether oxygens (including phenoxy) is 2. The van der Waals surface area contributed by atoms with Crippen LogP contribution in [0.4, 0.5) is 0 Å². The molecule has 0 radical (unpaired) electrons. The lowest BCUT2D eigenvalue weighted by atomic mass is 9.35. The fourth-order valence-corrected chi connectivity index (χ4v) is 9.69. The van der Waals surface area contributed by atoms with E-state index in [1.165, 1.54) is 6.08 Å². The predicted octanol–water partition coefficient (Wildman–Crippen LogP) is 2.88. The number of rotatable bonds is 0. The molecule has 0 aromatic heterocycles. The molecular formula is C25H30O6. The zero-order valence-electron chi connectivity index (χ0n) is 18.8. The van der Waals surface area contributed by atoms with Gasteiger partial charge in [-0.25, -0.2) is 9.59 Å². The van der Waals surface area contributed by atoms with Crippen molar-refractivity contribution in [1.29, 1.82) is 0 Å². The van der Waals surface area contributed by atoms with Crippen molar-refractivity contribution in [3.63, 3.8) is 0 Å². The molecule has 4 bridgehead atoms. The van der Waals surface area contributed by atoms with Crippen molar-refractivity contribution in [3.05, 3.63) is 23.8 Å². The zero-order valence-corrected chi connectivity index (χ0v) is 18.8. The van der Waals surface area contributed by atoms with Crippen LogP contribution in [0, 0.1) is 33.0 Å². The highest BCUT2D eigenvalue weighted by Crippen LogP contribution is 2.85. The highest BCUT2D eigenvalue weighted by Gasteiger charge is 2.87. The number of hydrogen-bond donors (Lipinski definition) is 1. The van der Waals surface area contributed by atoms with Gasteiger partial charge in [-0.1, -0.05) is 19.1 Å². The number of hydrogen-bond acceptors (Lipinski definition) is 6. The molecule has 7 atom stereocenters. The van der Waals surface area contributed by atoms with Crippen molar-refractivity contribution in [2.45, 2.75) is 71.5 Å². The Morgan fingerprint density at radius 3 is 2.45 bits per heavy atom. The van der Waals surface area contributed by atoms with E-state index in [0.29, 0.717) is 24.8 Å². The van der Waals surface area contributed by atoms with Crippen LogP contribution >= 0.6 is 0 Å². The Kier molecular flexibility index (Phi) is 3.08. The Hall–Kier alpha value is -1.95. The van der Waals surface area contributed by atoms with Crippen molar-refractivity contribution in [3.8, 4) is 0 Å². The first-order chi connectivity index (χ1) is 14.2. The molecule has 31 heavy (non-hydrogen) atoms. The first-order valence-electron chi connectivity index (χ1n) is 11.3. The standard InChI is InChI=1S/C25H30O6/c1-19(2)24(7-6-16(26)31-19)9-8-23-12-20(3)10-14-17(27)30-13-25(14,23)21(4,18(20)28)11-15(23)22(24,5)29/h6-7,10,15,29H,8-9,11-13H2,1-5H3/t15-,20+,21-,22+,23-,24-,25+/m0/s1. The molecular weight excluding hydrogens is 396 g/mol. The summed E-state index contributed by atoms with van der Waals surface area (Å²) in [6.07, 6.45) is 7.64. The lowest BCUT2D eigenvalue weighted by Gasteiger charge is -2.68. The molecule has 7 aliphatic rings. The van der Waals surface area contributed by atoms with Gasteiger partial charge in [-0.2, -0.15) is 0 Å². The van der Waals surface area contributed by atoms with Crippen molar-refractivity contribution in [1.82, 2.24) is 0 Å². The van der Waals surface area contributed by atoms with Gasteiger partial charge in [-0.05, 0) is 64.7 Å². The van der Waals surface area contributed by atoms with E-state index < -0.39 is 44.2 Å². The fourth-order valence-electron chi connectivity index (χ4n) is 9.69. The van der Waals surface area contributed by atoms with Crippen LogP contribution in [0.25, 0.3) is 0 Å². The minimum Gasteiger partial charge on any atom is -0.461 e. The summed E-state index contributed by atoms with van der Waals surface area (Å²) in [5.74, 6) is -0.777. The molecule has 0 aromatic carbocycles. The number of esters is 2. The largest absolute Gasteiger partial charge is 0.461 e. The maximum absolute atomic E-state index is 13.8. The van der Waals surface area contributed by atoms with Gasteiger partial charge in [0.1, 0.15) is 18.0 Å². The molecule has 166 valence electrons. The Bertz CT molecular complexity index is 1050. The van der Waals surface area contributed by atoms with Crippen LogP contribution in [0.2, 0.25) is 0 Å². The summed E-state index contributed by atoms with van der Waals surface area (Å²) < 4.78 is 11.4. The molecule has 2 heterocycles. The molecule has 3 saturated carbocycles. The van der Waals surface area contributed by atoms with Gasteiger partial charge in [0.15, 0.2) is 0 Å². The monoisotopic (exact) mass is 426 g/mol. The Balaban J connectivity index is 1.61. The number of carbonyl (C=O) groups is 3. The van der Waals surface area contributed by atoms with Crippen molar-refractivity contribution >= 4 is 17.7 Å². The molecule has 7 rings (SSSR count). The Morgan fingerprint density at radius 1 is 1.06 bits per heavy atom. The van der Waals surface area contributed by atoms with E-state index in [4.69, 9.17) is 9.47 Å². The second-order valence-electron chi connectivity index (χ2n) is 12.1. The molecule has 4 fully saturated rings. The van der Waals surface area contributed by atoms with Gasteiger partial charge in [0.05, 0.1) is 16.4 Å².